The molecular weight excluding hydrogens is 270 g/mol. The van der Waals surface area contributed by atoms with Gasteiger partial charge < -0.3 is 5.32 Å². The van der Waals surface area contributed by atoms with E-state index < -0.39 is 0 Å². The standard InChI is InChI=1S/C16H20ClN3/c1-2-3-16-12(10-18-14-6-7-14)11-19-20(16)15-8-4-13(17)5-9-15/h4-5,8-9,11,14,18H,2-3,6-7,10H2,1H3. The van der Waals surface area contributed by atoms with E-state index in [2.05, 4.69) is 17.3 Å². The number of rotatable bonds is 6. The Hall–Kier alpha value is -1.32. The maximum absolute atomic E-state index is 5.96. The van der Waals surface area contributed by atoms with Gasteiger partial charge in [0.1, 0.15) is 0 Å². The van der Waals surface area contributed by atoms with Crippen molar-refractivity contribution in [3.8, 4) is 5.69 Å². The molecule has 20 heavy (non-hydrogen) atoms. The number of aromatic nitrogens is 2. The van der Waals surface area contributed by atoms with Crippen LogP contribution in [0.1, 0.15) is 37.4 Å². The van der Waals surface area contributed by atoms with E-state index in [1.165, 1.54) is 24.1 Å². The van der Waals surface area contributed by atoms with Crippen LogP contribution in [0.5, 0.6) is 0 Å². The minimum absolute atomic E-state index is 0.725. The molecule has 0 unspecified atom stereocenters. The Morgan fingerprint density at radius 2 is 2.05 bits per heavy atom. The van der Waals surface area contributed by atoms with Crippen LogP contribution in [0, 0.1) is 0 Å². The van der Waals surface area contributed by atoms with Gasteiger partial charge in [-0.3, -0.25) is 0 Å². The van der Waals surface area contributed by atoms with Gasteiger partial charge in [0.15, 0.2) is 0 Å². The molecule has 1 aromatic heterocycles. The van der Waals surface area contributed by atoms with Gasteiger partial charge in [-0.05, 0) is 43.5 Å². The van der Waals surface area contributed by atoms with Gasteiger partial charge in [0.05, 0.1) is 11.9 Å². The van der Waals surface area contributed by atoms with Crippen molar-refractivity contribution in [1.82, 2.24) is 15.1 Å². The fourth-order valence-electron chi connectivity index (χ4n) is 2.41. The first kappa shape index (κ1) is 13.7. The van der Waals surface area contributed by atoms with E-state index in [-0.39, 0.29) is 0 Å². The topological polar surface area (TPSA) is 29.9 Å². The van der Waals surface area contributed by atoms with Crippen molar-refractivity contribution in [3.63, 3.8) is 0 Å². The second-order valence-corrected chi connectivity index (χ2v) is 5.85. The molecule has 1 fully saturated rings. The Balaban J connectivity index is 1.86. The number of hydrogen-bond donors (Lipinski definition) is 1. The van der Waals surface area contributed by atoms with Crippen molar-refractivity contribution in [2.75, 3.05) is 0 Å². The van der Waals surface area contributed by atoms with Crippen molar-refractivity contribution in [2.24, 2.45) is 0 Å². The number of hydrogen-bond acceptors (Lipinski definition) is 2. The molecule has 1 aliphatic carbocycles. The zero-order valence-electron chi connectivity index (χ0n) is 11.8. The van der Waals surface area contributed by atoms with E-state index in [9.17, 15) is 0 Å². The maximum atomic E-state index is 5.96. The number of nitrogens with one attached hydrogen (secondary N) is 1. The van der Waals surface area contributed by atoms with Crippen LogP contribution in [0.3, 0.4) is 0 Å². The van der Waals surface area contributed by atoms with Gasteiger partial charge >= 0.3 is 0 Å². The van der Waals surface area contributed by atoms with Crippen molar-refractivity contribution in [1.29, 1.82) is 0 Å². The highest BCUT2D eigenvalue weighted by atomic mass is 35.5. The molecule has 0 bridgehead atoms. The lowest BCUT2D eigenvalue weighted by Crippen LogP contribution is -2.16. The maximum Gasteiger partial charge on any atom is 0.0649 e. The normalized spacial score (nSPS) is 14.7. The Bertz CT molecular complexity index is 570. The Morgan fingerprint density at radius 1 is 1.30 bits per heavy atom. The number of nitrogens with zero attached hydrogens (tertiary/aromatic N) is 2. The highest BCUT2D eigenvalue weighted by molar-refractivity contribution is 6.30. The molecule has 3 rings (SSSR count). The van der Waals surface area contributed by atoms with Crippen LogP contribution in [0.15, 0.2) is 30.5 Å². The Morgan fingerprint density at radius 3 is 2.70 bits per heavy atom. The summed E-state index contributed by atoms with van der Waals surface area (Å²) in [4.78, 5) is 0. The lowest BCUT2D eigenvalue weighted by molar-refractivity contribution is 0.676. The molecule has 1 N–H and O–H groups in total. The predicted molar refractivity (Wildman–Crippen MR) is 82.4 cm³/mol. The first-order valence-corrected chi connectivity index (χ1v) is 7.71. The molecule has 1 saturated carbocycles. The second-order valence-electron chi connectivity index (χ2n) is 5.41. The van der Waals surface area contributed by atoms with Gasteiger partial charge in [-0.1, -0.05) is 24.9 Å². The highest BCUT2D eigenvalue weighted by Gasteiger charge is 2.21. The monoisotopic (exact) mass is 289 g/mol. The summed E-state index contributed by atoms with van der Waals surface area (Å²) in [5, 5.41) is 8.90. The first-order valence-electron chi connectivity index (χ1n) is 7.33. The average molecular weight is 290 g/mol. The molecule has 0 saturated heterocycles. The summed E-state index contributed by atoms with van der Waals surface area (Å²) in [7, 11) is 0. The highest BCUT2D eigenvalue weighted by Crippen LogP contribution is 2.22. The summed E-state index contributed by atoms with van der Waals surface area (Å²) in [6.07, 6.45) is 6.79. The van der Waals surface area contributed by atoms with Crippen LogP contribution in [-0.4, -0.2) is 15.8 Å². The van der Waals surface area contributed by atoms with Crippen molar-refractivity contribution < 1.29 is 0 Å². The second kappa shape index (κ2) is 5.98. The average Bonchev–Trinajstić information content (AvgIpc) is 3.20. The summed E-state index contributed by atoms with van der Waals surface area (Å²) in [5.41, 5.74) is 3.70. The largest absolute Gasteiger partial charge is 0.310 e. The molecule has 0 spiro atoms. The van der Waals surface area contributed by atoms with Gasteiger partial charge in [-0.2, -0.15) is 5.10 Å². The van der Waals surface area contributed by atoms with Gasteiger partial charge in [0, 0.05) is 28.9 Å². The molecular formula is C16H20ClN3. The smallest absolute Gasteiger partial charge is 0.0649 e. The number of benzene rings is 1. The zero-order valence-corrected chi connectivity index (χ0v) is 12.5. The van der Waals surface area contributed by atoms with Crippen molar-refractivity contribution in [3.05, 3.63) is 46.7 Å². The van der Waals surface area contributed by atoms with Crippen LogP contribution in [0.25, 0.3) is 5.69 Å². The zero-order chi connectivity index (χ0) is 13.9. The van der Waals surface area contributed by atoms with E-state index in [0.29, 0.717) is 0 Å². The Kier molecular flexibility index (Phi) is 4.08. The van der Waals surface area contributed by atoms with E-state index in [1.54, 1.807) is 0 Å². The molecule has 1 aromatic carbocycles. The lowest BCUT2D eigenvalue weighted by Gasteiger charge is -2.09. The summed E-state index contributed by atoms with van der Waals surface area (Å²) < 4.78 is 2.05. The molecule has 4 heteroatoms. The molecule has 106 valence electrons. The molecule has 0 atom stereocenters. The lowest BCUT2D eigenvalue weighted by atomic mass is 10.1. The molecule has 3 nitrogen and oxygen atoms in total. The van der Waals surface area contributed by atoms with Gasteiger partial charge in [0.2, 0.25) is 0 Å². The first-order chi connectivity index (χ1) is 9.78. The number of halogens is 1. The molecule has 0 amide bonds. The van der Waals surface area contributed by atoms with Gasteiger partial charge in [0.25, 0.3) is 0 Å². The predicted octanol–water partition coefficient (Wildman–Crippen LogP) is 3.73. The van der Waals surface area contributed by atoms with E-state index >= 15 is 0 Å². The van der Waals surface area contributed by atoms with E-state index in [1.807, 2.05) is 35.1 Å². The summed E-state index contributed by atoms with van der Waals surface area (Å²) in [6.45, 7) is 3.13. The molecule has 2 aromatic rings. The quantitative estimate of drug-likeness (QED) is 0.878. The molecule has 1 heterocycles. The summed E-state index contributed by atoms with van der Waals surface area (Å²) >= 11 is 5.96. The minimum atomic E-state index is 0.725. The van der Waals surface area contributed by atoms with Crippen LogP contribution in [0.2, 0.25) is 5.02 Å². The summed E-state index contributed by atoms with van der Waals surface area (Å²) in [5.74, 6) is 0. The van der Waals surface area contributed by atoms with Crippen LogP contribution < -0.4 is 5.32 Å². The van der Waals surface area contributed by atoms with Crippen molar-refractivity contribution in [2.45, 2.75) is 45.2 Å². The third-order valence-electron chi connectivity index (χ3n) is 3.67. The van der Waals surface area contributed by atoms with Crippen LogP contribution in [0.4, 0.5) is 0 Å². The third kappa shape index (κ3) is 3.05. The fraction of sp³-hybridized carbons (Fsp3) is 0.438. The van der Waals surface area contributed by atoms with Gasteiger partial charge in [-0.15, -0.1) is 0 Å². The van der Waals surface area contributed by atoms with Crippen LogP contribution in [-0.2, 0) is 13.0 Å². The fourth-order valence-corrected chi connectivity index (χ4v) is 2.53. The molecule has 1 aliphatic rings. The van der Waals surface area contributed by atoms with Crippen LogP contribution >= 0.6 is 11.6 Å². The van der Waals surface area contributed by atoms with E-state index in [0.717, 1.165) is 36.1 Å². The van der Waals surface area contributed by atoms with Gasteiger partial charge in [-0.25, -0.2) is 4.68 Å². The molecule has 0 radical (unpaired) electrons. The van der Waals surface area contributed by atoms with E-state index in [4.69, 9.17) is 11.6 Å². The van der Waals surface area contributed by atoms with Crippen molar-refractivity contribution >= 4 is 11.6 Å². The molecule has 0 aliphatic heterocycles. The minimum Gasteiger partial charge on any atom is -0.310 e. The summed E-state index contributed by atoms with van der Waals surface area (Å²) in [6, 6.07) is 8.59. The SMILES string of the molecule is CCCc1c(CNC2CC2)cnn1-c1ccc(Cl)cc1. The third-order valence-corrected chi connectivity index (χ3v) is 3.92. The Labute approximate surface area is 124 Å².